The molecule has 1 fully saturated rings. The number of hydrogen-bond donors (Lipinski definition) is 2. The molecule has 49 heavy (non-hydrogen) atoms. The summed E-state index contributed by atoms with van der Waals surface area (Å²) in [4.78, 5) is 60.2. The summed E-state index contributed by atoms with van der Waals surface area (Å²) >= 11 is 1.63. The van der Waals surface area contributed by atoms with Crippen molar-refractivity contribution in [3.8, 4) is 33.2 Å². The highest BCUT2D eigenvalue weighted by Crippen LogP contribution is 2.35. The molecule has 4 amide bonds. The number of pyridine rings is 1. The van der Waals surface area contributed by atoms with Gasteiger partial charge in [0.1, 0.15) is 35.0 Å². The van der Waals surface area contributed by atoms with Gasteiger partial charge in [-0.2, -0.15) is 0 Å². The van der Waals surface area contributed by atoms with Crippen molar-refractivity contribution in [2.24, 2.45) is 0 Å². The number of methoxy groups -OCH3 is 1. The van der Waals surface area contributed by atoms with Crippen LogP contribution in [0.2, 0.25) is 0 Å². The van der Waals surface area contributed by atoms with E-state index < -0.39 is 29.7 Å². The first-order chi connectivity index (χ1) is 23.9. The first-order valence-corrected chi connectivity index (χ1v) is 16.5. The molecular weight excluding hydrogens is 646 g/mol. The van der Waals surface area contributed by atoms with Crippen molar-refractivity contribution < 1.29 is 33.4 Å². The molecule has 4 heterocycles. The minimum absolute atomic E-state index is 0.0550. The van der Waals surface area contributed by atoms with Gasteiger partial charge in [-0.15, -0.1) is 11.3 Å². The fraction of sp³-hybridized carbons (Fsp3) is 0.222. The van der Waals surface area contributed by atoms with Gasteiger partial charge in [0.25, 0.3) is 11.8 Å². The fourth-order valence-corrected chi connectivity index (χ4v) is 6.80. The van der Waals surface area contributed by atoms with E-state index in [2.05, 4.69) is 39.9 Å². The van der Waals surface area contributed by atoms with Crippen molar-refractivity contribution in [1.29, 1.82) is 0 Å². The smallest absolute Gasteiger partial charge is 0.266 e. The molecule has 5 aromatic rings. The summed E-state index contributed by atoms with van der Waals surface area (Å²) in [5.74, 6) is -0.501. The molecule has 0 bridgehead atoms. The minimum atomic E-state index is -1.03. The Kier molecular flexibility index (Phi) is 9.01. The van der Waals surface area contributed by atoms with Crippen molar-refractivity contribution >= 4 is 51.0 Å². The number of nitrogens with one attached hydrogen (secondary N) is 2. The van der Waals surface area contributed by atoms with Crippen LogP contribution in [0.1, 0.15) is 33.6 Å². The predicted molar refractivity (Wildman–Crippen MR) is 183 cm³/mol. The highest BCUT2D eigenvalue weighted by Gasteiger charge is 2.46. The summed E-state index contributed by atoms with van der Waals surface area (Å²) in [7, 11) is 1.66. The highest BCUT2D eigenvalue weighted by molar-refractivity contribution is 7.21. The van der Waals surface area contributed by atoms with Gasteiger partial charge in [-0.3, -0.25) is 29.4 Å². The molecule has 3 aromatic carbocycles. The lowest BCUT2D eigenvalue weighted by molar-refractivity contribution is -0.136. The van der Waals surface area contributed by atoms with Gasteiger partial charge in [-0.05, 0) is 54.4 Å². The van der Waals surface area contributed by atoms with Crippen LogP contribution in [0.5, 0.6) is 11.5 Å². The standard InChI is InChI=1S/C36H31N5O7S/c1-46-24-10-11-26-29(19-24)49-34(39-26)22-7-5-21(6-8-22)23-9-13-30(38-20-23)37-15-16-47-17-18-48-28-4-2-3-25-32(28)36(45)41(35(25)44)27-12-14-31(42)40-33(27)43/h2-11,13,19-20,27H,12,14-18H2,1H3,(H,37,38)(H,40,42,43). The molecular formula is C36H31N5O7S. The maximum absolute atomic E-state index is 13.2. The summed E-state index contributed by atoms with van der Waals surface area (Å²) in [5, 5.41) is 6.38. The average molecular weight is 678 g/mol. The lowest BCUT2D eigenvalue weighted by Gasteiger charge is -2.27. The third-order valence-corrected chi connectivity index (χ3v) is 9.36. The number of piperidine rings is 1. The average Bonchev–Trinajstić information content (AvgIpc) is 3.66. The van der Waals surface area contributed by atoms with E-state index in [0.29, 0.717) is 19.0 Å². The Hall–Kier alpha value is -5.66. The molecule has 248 valence electrons. The summed E-state index contributed by atoms with van der Waals surface area (Å²) in [6, 6.07) is 21.8. The SMILES string of the molecule is COc1ccc2nc(-c3ccc(-c4ccc(NCCOCCOc5cccc6c5C(=O)N(C5CCC(=O)NC5=O)C6=O)nc4)cc3)sc2c1. The number of nitrogens with zero attached hydrogens (tertiary/aromatic N) is 3. The second-order valence-corrected chi connectivity index (χ2v) is 12.4. The Bertz CT molecular complexity index is 2060. The molecule has 2 aliphatic heterocycles. The summed E-state index contributed by atoms with van der Waals surface area (Å²) < 4.78 is 17.9. The molecule has 13 heteroatoms. The number of rotatable bonds is 12. The topological polar surface area (TPSA) is 149 Å². The van der Waals surface area contributed by atoms with E-state index >= 15 is 0 Å². The summed E-state index contributed by atoms with van der Waals surface area (Å²) in [5.41, 5.74) is 4.31. The van der Waals surface area contributed by atoms with Gasteiger partial charge in [-0.1, -0.05) is 30.3 Å². The fourth-order valence-electron chi connectivity index (χ4n) is 5.80. The van der Waals surface area contributed by atoms with Crippen LogP contribution in [0.15, 0.2) is 79.0 Å². The molecule has 12 nitrogen and oxygen atoms in total. The van der Waals surface area contributed by atoms with Crippen molar-refractivity contribution in [1.82, 2.24) is 20.2 Å². The van der Waals surface area contributed by atoms with Crippen LogP contribution in [-0.2, 0) is 14.3 Å². The van der Waals surface area contributed by atoms with Crippen molar-refractivity contribution in [3.63, 3.8) is 0 Å². The number of fused-ring (bicyclic) bond motifs is 2. The van der Waals surface area contributed by atoms with Crippen molar-refractivity contribution in [2.45, 2.75) is 18.9 Å². The number of carbonyl (C=O) groups excluding carboxylic acids is 4. The molecule has 7 rings (SSSR count). The summed E-state index contributed by atoms with van der Waals surface area (Å²) in [6.45, 7) is 1.30. The maximum Gasteiger partial charge on any atom is 0.266 e. The minimum Gasteiger partial charge on any atom is -0.497 e. The molecule has 1 atom stereocenters. The van der Waals surface area contributed by atoms with Gasteiger partial charge in [0.05, 0.1) is 41.7 Å². The molecule has 0 saturated carbocycles. The van der Waals surface area contributed by atoms with Crippen molar-refractivity contribution in [3.05, 3.63) is 90.1 Å². The summed E-state index contributed by atoms with van der Waals surface area (Å²) in [6.07, 6.45) is 1.96. The number of amides is 4. The third kappa shape index (κ3) is 6.58. The van der Waals surface area contributed by atoms with Crippen LogP contribution in [0, 0.1) is 0 Å². The molecule has 0 spiro atoms. The first kappa shape index (κ1) is 31.9. The molecule has 1 unspecified atom stereocenters. The highest BCUT2D eigenvalue weighted by atomic mass is 32.1. The number of imide groups is 2. The molecule has 2 aliphatic rings. The van der Waals surface area contributed by atoms with E-state index in [-0.39, 0.29) is 42.9 Å². The Labute approximate surface area is 285 Å². The van der Waals surface area contributed by atoms with Gasteiger partial charge in [0, 0.05) is 30.3 Å². The van der Waals surface area contributed by atoms with E-state index in [1.165, 1.54) is 6.07 Å². The Balaban J connectivity index is 0.861. The number of benzene rings is 3. The van der Waals surface area contributed by atoms with E-state index in [0.717, 1.165) is 42.6 Å². The zero-order chi connectivity index (χ0) is 33.9. The van der Waals surface area contributed by atoms with E-state index in [1.54, 1.807) is 30.6 Å². The lowest BCUT2D eigenvalue weighted by Crippen LogP contribution is -2.54. The number of carbonyl (C=O) groups is 4. The number of aromatic nitrogens is 2. The monoisotopic (exact) mass is 677 g/mol. The first-order valence-electron chi connectivity index (χ1n) is 15.7. The van der Waals surface area contributed by atoms with Crippen LogP contribution >= 0.6 is 11.3 Å². The molecule has 2 aromatic heterocycles. The second-order valence-electron chi connectivity index (χ2n) is 11.4. The zero-order valence-corrected chi connectivity index (χ0v) is 27.2. The Morgan fingerprint density at radius 2 is 1.73 bits per heavy atom. The van der Waals surface area contributed by atoms with E-state index in [1.807, 2.05) is 36.5 Å². The lowest BCUT2D eigenvalue weighted by atomic mass is 10.0. The molecule has 0 aliphatic carbocycles. The second kappa shape index (κ2) is 13.8. The van der Waals surface area contributed by atoms with Gasteiger partial charge in [0.2, 0.25) is 11.8 Å². The van der Waals surface area contributed by atoms with E-state index in [4.69, 9.17) is 19.2 Å². The number of thiazole rings is 1. The largest absolute Gasteiger partial charge is 0.497 e. The number of anilines is 1. The quantitative estimate of drug-likeness (QED) is 0.137. The van der Waals surface area contributed by atoms with E-state index in [9.17, 15) is 19.2 Å². The van der Waals surface area contributed by atoms with Crippen LogP contribution in [-0.4, -0.2) is 78.0 Å². The van der Waals surface area contributed by atoms with Crippen LogP contribution < -0.4 is 20.1 Å². The van der Waals surface area contributed by atoms with Crippen molar-refractivity contribution in [2.75, 3.05) is 38.8 Å². The predicted octanol–water partition coefficient (Wildman–Crippen LogP) is 4.94. The number of ether oxygens (including phenoxy) is 3. The maximum atomic E-state index is 13.2. The molecule has 2 N–H and O–H groups in total. The van der Waals surface area contributed by atoms with Crippen LogP contribution in [0.4, 0.5) is 5.82 Å². The zero-order valence-electron chi connectivity index (χ0n) is 26.4. The molecule has 1 saturated heterocycles. The van der Waals surface area contributed by atoms with Gasteiger partial charge in [0.15, 0.2) is 0 Å². The molecule has 0 radical (unpaired) electrons. The van der Waals surface area contributed by atoms with Crippen LogP contribution in [0.3, 0.4) is 0 Å². The Morgan fingerprint density at radius 1 is 0.918 bits per heavy atom. The third-order valence-electron chi connectivity index (χ3n) is 8.29. The van der Waals surface area contributed by atoms with Gasteiger partial charge >= 0.3 is 0 Å². The van der Waals surface area contributed by atoms with Crippen LogP contribution in [0.25, 0.3) is 31.9 Å². The number of hydrogen-bond acceptors (Lipinski definition) is 11. The normalized spacial score (nSPS) is 15.8. The van der Waals surface area contributed by atoms with Gasteiger partial charge in [-0.25, -0.2) is 9.97 Å². The van der Waals surface area contributed by atoms with Gasteiger partial charge < -0.3 is 19.5 Å². The Morgan fingerprint density at radius 3 is 2.51 bits per heavy atom.